The highest BCUT2D eigenvalue weighted by Crippen LogP contribution is 2.24. The van der Waals surface area contributed by atoms with E-state index < -0.39 is 0 Å². The van der Waals surface area contributed by atoms with Crippen molar-refractivity contribution in [3.63, 3.8) is 0 Å². The number of benzene rings is 1. The molecule has 5 nitrogen and oxygen atoms in total. The third-order valence-corrected chi connectivity index (χ3v) is 3.71. The summed E-state index contributed by atoms with van der Waals surface area (Å²) >= 11 is 5.88. The number of halogens is 1. The Morgan fingerprint density at radius 2 is 2.00 bits per heavy atom. The Kier molecular flexibility index (Phi) is 4.77. The molecule has 1 aromatic heterocycles. The van der Waals surface area contributed by atoms with E-state index in [1.807, 2.05) is 31.2 Å². The third kappa shape index (κ3) is 3.32. The number of carbonyl (C=O) groups is 1. The van der Waals surface area contributed by atoms with Crippen molar-refractivity contribution in [3.05, 3.63) is 58.9 Å². The number of rotatable bonds is 4. The minimum Gasteiger partial charge on any atom is -0.335 e. The van der Waals surface area contributed by atoms with Crippen LogP contribution in [-0.4, -0.2) is 22.8 Å². The van der Waals surface area contributed by atoms with Crippen molar-refractivity contribution >= 4 is 23.2 Å². The second-order valence-corrected chi connectivity index (χ2v) is 5.15. The molecule has 0 spiro atoms. The summed E-state index contributed by atoms with van der Waals surface area (Å²) in [5.74, 6) is 5.28. The van der Waals surface area contributed by atoms with Crippen molar-refractivity contribution in [1.29, 1.82) is 0 Å². The average Bonchev–Trinajstić information content (AvgIpc) is 2.53. The van der Waals surface area contributed by atoms with Crippen LogP contribution in [0.25, 0.3) is 0 Å². The summed E-state index contributed by atoms with van der Waals surface area (Å²) in [7, 11) is 1.74. The molecule has 0 aliphatic heterocycles. The van der Waals surface area contributed by atoms with Crippen LogP contribution in [0.15, 0.2) is 42.7 Å². The van der Waals surface area contributed by atoms with Crippen molar-refractivity contribution in [1.82, 2.24) is 9.88 Å². The van der Waals surface area contributed by atoms with Gasteiger partial charge in [-0.1, -0.05) is 23.7 Å². The first-order valence-corrected chi connectivity index (χ1v) is 6.85. The topological polar surface area (TPSA) is 71.2 Å². The Morgan fingerprint density at radius 1 is 1.33 bits per heavy atom. The normalized spacial score (nSPS) is 11.8. The molecule has 21 heavy (non-hydrogen) atoms. The average molecular weight is 305 g/mol. The van der Waals surface area contributed by atoms with Gasteiger partial charge in [-0.05, 0) is 30.7 Å². The molecule has 0 aliphatic carbocycles. The number of hydrogen-bond donors (Lipinski definition) is 2. The van der Waals surface area contributed by atoms with Crippen LogP contribution in [0, 0.1) is 0 Å². The third-order valence-electron chi connectivity index (χ3n) is 3.46. The van der Waals surface area contributed by atoms with Crippen LogP contribution in [0.1, 0.15) is 28.9 Å². The molecule has 0 aliphatic rings. The molecule has 0 fully saturated rings. The van der Waals surface area contributed by atoms with Gasteiger partial charge in [0.05, 0.1) is 17.3 Å². The first kappa shape index (κ1) is 15.3. The maximum Gasteiger partial charge on any atom is 0.257 e. The van der Waals surface area contributed by atoms with E-state index >= 15 is 0 Å². The van der Waals surface area contributed by atoms with Crippen molar-refractivity contribution in [2.45, 2.75) is 13.0 Å². The lowest BCUT2D eigenvalue weighted by Crippen LogP contribution is -2.30. The van der Waals surface area contributed by atoms with Gasteiger partial charge in [0.2, 0.25) is 0 Å². The van der Waals surface area contributed by atoms with Gasteiger partial charge in [-0.25, -0.2) is 0 Å². The second kappa shape index (κ2) is 6.56. The molecule has 2 rings (SSSR count). The van der Waals surface area contributed by atoms with E-state index in [-0.39, 0.29) is 11.9 Å². The molecule has 110 valence electrons. The molecule has 0 radical (unpaired) electrons. The largest absolute Gasteiger partial charge is 0.335 e. The van der Waals surface area contributed by atoms with Crippen LogP contribution in [0.3, 0.4) is 0 Å². The Morgan fingerprint density at radius 3 is 2.62 bits per heavy atom. The van der Waals surface area contributed by atoms with Gasteiger partial charge in [-0.15, -0.1) is 0 Å². The van der Waals surface area contributed by atoms with Crippen molar-refractivity contribution < 1.29 is 4.79 Å². The molecule has 1 heterocycles. The van der Waals surface area contributed by atoms with Gasteiger partial charge in [0.25, 0.3) is 5.91 Å². The van der Waals surface area contributed by atoms with Gasteiger partial charge in [-0.2, -0.15) is 0 Å². The predicted octanol–water partition coefficient (Wildman–Crippen LogP) is 2.85. The van der Waals surface area contributed by atoms with Crippen LogP contribution in [0.2, 0.25) is 5.02 Å². The van der Waals surface area contributed by atoms with Gasteiger partial charge in [0.1, 0.15) is 0 Å². The maximum absolute atomic E-state index is 12.6. The fourth-order valence-electron chi connectivity index (χ4n) is 2.02. The SMILES string of the molecule is CC(c1ccc(Cl)cc1)N(C)C(=O)c1cnccc1NN. The monoisotopic (exact) mass is 304 g/mol. The Hall–Kier alpha value is -2.11. The van der Waals surface area contributed by atoms with Crippen molar-refractivity contribution in [2.24, 2.45) is 5.84 Å². The van der Waals surface area contributed by atoms with Gasteiger partial charge < -0.3 is 10.3 Å². The number of aromatic nitrogens is 1. The number of nitrogens with one attached hydrogen (secondary N) is 1. The quantitative estimate of drug-likeness (QED) is 0.673. The lowest BCUT2D eigenvalue weighted by Gasteiger charge is -2.26. The summed E-state index contributed by atoms with van der Waals surface area (Å²) in [6.07, 6.45) is 3.08. The number of hydrogen-bond acceptors (Lipinski definition) is 4. The molecule has 1 aromatic carbocycles. The minimum atomic E-state index is -0.154. The number of carbonyl (C=O) groups excluding carboxylic acids is 1. The lowest BCUT2D eigenvalue weighted by molar-refractivity contribution is 0.0743. The zero-order valence-corrected chi connectivity index (χ0v) is 12.6. The first-order valence-electron chi connectivity index (χ1n) is 6.48. The van der Waals surface area contributed by atoms with Crippen LogP contribution in [0.4, 0.5) is 5.69 Å². The first-order chi connectivity index (χ1) is 10.0. The summed E-state index contributed by atoms with van der Waals surface area (Å²) in [6, 6.07) is 8.99. The van der Waals surface area contributed by atoms with Crippen LogP contribution in [-0.2, 0) is 0 Å². The maximum atomic E-state index is 12.6. The number of hydrazine groups is 1. The fourth-order valence-corrected chi connectivity index (χ4v) is 2.15. The number of amides is 1. The van der Waals surface area contributed by atoms with Gasteiger partial charge in [0.15, 0.2) is 0 Å². The van der Waals surface area contributed by atoms with Crippen molar-refractivity contribution in [2.75, 3.05) is 12.5 Å². The minimum absolute atomic E-state index is 0.0967. The van der Waals surface area contributed by atoms with E-state index in [0.717, 1.165) is 5.56 Å². The molecule has 0 saturated carbocycles. The van der Waals surface area contributed by atoms with E-state index in [0.29, 0.717) is 16.3 Å². The van der Waals surface area contributed by atoms with Crippen molar-refractivity contribution in [3.8, 4) is 0 Å². The number of nitrogens with two attached hydrogens (primary N) is 1. The summed E-state index contributed by atoms with van der Waals surface area (Å²) in [4.78, 5) is 18.2. The molecular weight excluding hydrogens is 288 g/mol. The van der Waals surface area contributed by atoms with E-state index in [9.17, 15) is 4.79 Å². The van der Waals surface area contributed by atoms with E-state index in [2.05, 4.69) is 10.4 Å². The van der Waals surface area contributed by atoms with E-state index in [1.54, 1.807) is 24.2 Å². The highest BCUT2D eigenvalue weighted by Gasteiger charge is 2.21. The summed E-state index contributed by atoms with van der Waals surface area (Å²) < 4.78 is 0. The van der Waals surface area contributed by atoms with Crippen LogP contribution >= 0.6 is 11.6 Å². The predicted molar refractivity (Wildman–Crippen MR) is 84.0 cm³/mol. The molecule has 1 atom stereocenters. The highest BCUT2D eigenvalue weighted by atomic mass is 35.5. The zero-order valence-electron chi connectivity index (χ0n) is 11.9. The smallest absolute Gasteiger partial charge is 0.257 e. The number of pyridine rings is 1. The number of nitrogens with zero attached hydrogens (tertiary/aromatic N) is 2. The Labute approximate surface area is 128 Å². The van der Waals surface area contributed by atoms with Gasteiger partial charge >= 0.3 is 0 Å². The van der Waals surface area contributed by atoms with Gasteiger partial charge in [-0.3, -0.25) is 15.6 Å². The zero-order chi connectivity index (χ0) is 15.4. The van der Waals surface area contributed by atoms with Gasteiger partial charge in [0, 0.05) is 24.5 Å². The Bertz CT molecular complexity index is 630. The molecule has 0 bridgehead atoms. The number of nitrogen functional groups attached to an aromatic ring is 1. The van der Waals surface area contributed by atoms with E-state index in [1.165, 1.54) is 6.20 Å². The summed E-state index contributed by atoms with van der Waals surface area (Å²) in [6.45, 7) is 1.95. The molecular formula is C15H17ClN4O. The van der Waals surface area contributed by atoms with E-state index in [4.69, 9.17) is 17.4 Å². The highest BCUT2D eigenvalue weighted by molar-refractivity contribution is 6.30. The Balaban J connectivity index is 2.24. The molecule has 0 saturated heterocycles. The number of anilines is 1. The van der Waals surface area contributed by atoms with Crippen LogP contribution in [0.5, 0.6) is 0 Å². The second-order valence-electron chi connectivity index (χ2n) is 4.71. The summed E-state index contributed by atoms with van der Waals surface area (Å²) in [5.41, 5.74) is 4.49. The molecule has 2 aromatic rings. The molecule has 1 unspecified atom stereocenters. The summed E-state index contributed by atoms with van der Waals surface area (Å²) in [5, 5.41) is 0.668. The molecule has 6 heteroatoms. The standard InChI is InChI=1S/C15H17ClN4O/c1-10(11-3-5-12(16)6-4-11)20(2)15(21)13-9-18-8-7-14(13)19-17/h3-10H,17H2,1-2H3,(H,18,19). The van der Waals surface area contributed by atoms with Crippen LogP contribution < -0.4 is 11.3 Å². The molecule has 1 amide bonds. The lowest BCUT2D eigenvalue weighted by atomic mass is 10.1. The fraction of sp³-hybridized carbons (Fsp3) is 0.200. The molecule has 3 N–H and O–H groups in total.